The molecule has 0 spiro atoms. The van der Waals surface area contributed by atoms with E-state index < -0.39 is 15.8 Å². The first-order chi connectivity index (χ1) is 12.3. The lowest BCUT2D eigenvalue weighted by Gasteiger charge is -2.38. The Hall–Kier alpha value is -1.75. The first-order valence-electron chi connectivity index (χ1n) is 7.64. The highest BCUT2D eigenvalue weighted by Crippen LogP contribution is 2.21. The molecule has 0 bridgehead atoms. The van der Waals surface area contributed by atoms with Crippen molar-refractivity contribution < 1.29 is 22.3 Å². The second kappa shape index (κ2) is 7.87. The lowest BCUT2D eigenvalue weighted by atomic mass is 10.1. The van der Waals surface area contributed by atoms with Crippen LogP contribution in [0.25, 0.3) is 0 Å². The third kappa shape index (κ3) is 4.50. The summed E-state index contributed by atoms with van der Waals surface area (Å²) in [5, 5.41) is 2.08. The summed E-state index contributed by atoms with van der Waals surface area (Å²) in [6.45, 7) is 0.822. The van der Waals surface area contributed by atoms with Crippen molar-refractivity contribution in [3.8, 4) is 5.19 Å². The van der Waals surface area contributed by atoms with E-state index in [1.54, 1.807) is 16.5 Å². The molecule has 2 aromatic rings. The van der Waals surface area contributed by atoms with E-state index in [9.17, 15) is 17.6 Å². The molecule has 1 N–H and O–H groups in total. The summed E-state index contributed by atoms with van der Waals surface area (Å²) in [7, 11) is -3.86. The Morgan fingerprint density at radius 2 is 2.23 bits per heavy atom. The van der Waals surface area contributed by atoms with Crippen LogP contribution in [0.2, 0.25) is 5.02 Å². The van der Waals surface area contributed by atoms with E-state index >= 15 is 0 Å². The summed E-state index contributed by atoms with van der Waals surface area (Å²) >= 11 is 6.97. The van der Waals surface area contributed by atoms with E-state index in [1.807, 2.05) is 0 Å². The van der Waals surface area contributed by atoms with Crippen molar-refractivity contribution in [2.75, 3.05) is 19.6 Å². The van der Waals surface area contributed by atoms with Gasteiger partial charge in [0.1, 0.15) is 11.9 Å². The van der Waals surface area contributed by atoms with Gasteiger partial charge in [-0.05, 0) is 18.2 Å². The van der Waals surface area contributed by atoms with Crippen LogP contribution in [0.15, 0.2) is 34.7 Å². The Labute approximate surface area is 158 Å². The maximum Gasteiger partial charge on any atom is 0.273 e. The van der Waals surface area contributed by atoms with E-state index in [0.717, 1.165) is 18.2 Å². The van der Waals surface area contributed by atoms with Gasteiger partial charge in [-0.3, -0.25) is 4.79 Å². The SMILES string of the molecule is O=C(CCNS(=O)(=O)c1ccc(F)c(Cl)c1)N1CC(Oc2nccs2)C1. The van der Waals surface area contributed by atoms with E-state index in [2.05, 4.69) is 9.71 Å². The van der Waals surface area contributed by atoms with Crippen LogP contribution in [0.1, 0.15) is 6.42 Å². The number of thiazole rings is 1. The Morgan fingerprint density at radius 3 is 2.88 bits per heavy atom. The number of sulfonamides is 1. The van der Waals surface area contributed by atoms with Gasteiger partial charge < -0.3 is 9.64 Å². The van der Waals surface area contributed by atoms with E-state index in [0.29, 0.717) is 18.3 Å². The predicted molar refractivity (Wildman–Crippen MR) is 94.3 cm³/mol. The van der Waals surface area contributed by atoms with Crippen molar-refractivity contribution in [3.05, 3.63) is 40.6 Å². The Bertz CT molecular complexity index is 886. The monoisotopic (exact) mass is 419 g/mol. The quantitative estimate of drug-likeness (QED) is 0.740. The predicted octanol–water partition coefficient (Wildman–Crippen LogP) is 1.89. The van der Waals surface area contributed by atoms with Crippen molar-refractivity contribution >= 4 is 38.9 Å². The topological polar surface area (TPSA) is 88.6 Å². The summed E-state index contributed by atoms with van der Waals surface area (Å²) in [5.41, 5.74) is 0. The molecule has 3 rings (SSSR count). The van der Waals surface area contributed by atoms with Gasteiger partial charge in [0.05, 0.1) is 23.0 Å². The number of hydrogen-bond donors (Lipinski definition) is 1. The molecule has 1 saturated heterocycles. The second-order valence-electron chi connectivity index (χ2n) is 5.56. The fourth-order valence-corrected chi connectivity index (χ4v) is 4.16. The van der Waals surface area contributed by atoms with Crippen LogP contribution in [-0.2, 0) is 14.8 Å². The van der Waals surface area contributed by atoms with Gasteiger partial charge in [-0.15, -0.1) is 0 Å². The molecular formula is C15H15ClFN3O4S2. The lowest BCUT2D eigenvalue weighted by Crippen LogP contribution is -2.56. The van der Waals surface area contributed by atoms with Gasteiger partial charge in [-0.2, -0.15) is 0 Å². The van der Waals surface area contributed by atoms with E-state index in [4.69, 9.17) is 16.3 Å². The Kier molecular flexibility index (Phi) is 5.76. The highest BCUT2D eigenvalue weighted by molar-refractivity contribution is 7.89. The number of nitrogens with one attached hydrogen (secondary N) is 1. The van der Waals surface area contributed by atoms with Crippen LogP contribution in [-0.4, -0.2) is 49.9 Å². The molecule has 1 aliphatic heterocycles. The summed E-state index contributed by atoms with van der Waals surface area (Å²) in [6, 6.07) is 3.11. The minimum Gasteiger partial charge on any atom is -0.463 e. The average molecular weight is 420 g/mol. The van der Waals surface area contributed by atoms with Crippen LogP contribution in [0, 0.1) is 5.82 Å². The largest absolute Gasteiger partial charge is 0.463 e. The van der Waals surface area contributed by atoms with Gasteiger partial charge in [-0.25, -0.2) is 22.5 Å². The highest BCUT2D eigenvalue weighted by Gasteiger charge is 2.32. The number of carbonyl (C=O) groups excluding carboxylic acids is 1. The molecule has 0 saturated carbocycles. The zero-order valence-corrected chi connectivity index (χ0v) is 15.8. The number of carbonyl (C=O) groups is 1. The minimum absolute atomic E-state index is 0.0120. The van der Waals surface area contributed by atoms with E-state index in [1.165, 1.54) is 11.3 Å². The Balaban J connectivity index is 1.43. The molecule has 26 heavy (non-hydrogen) atoms. The van der Waals surface area contributed by atoms with Crippen molar-refractivity contribution in [1.82, 2.24) is 14.6 Å². The van der Waals surface area contributed by atoms with Crippen LogP contribution in [0.5, 0.6) is 5.19 Å². The Morgan fingerprint density at radius 1 is 1.46 bits per heavy atom. The highest BCUT2D eigenvalue weighted by atomic mass is 35.5. The zero-order valence-electron chi connectivity index (χ0n) is 13.4. The molecule has 0 aliphatic carbocycles. The van der Waals surface area contributed by atoms with Gasteiger partial charge in [0.25, 0.3) is 5.19 Å². The number of benzene rings is 1. The second-order valence-corrected chi connectivity index (χ2v) is 8.59. The number of nitrogens with zero attached hydrogens (tertiary/aromatic N) is 2. The molecule has 1 amide bonds. The number of ether oxygens (including phenoxy) is 1. The zero-order chi connectivity index (χ0) is 18.7. The summed E-state index contributed by atoms with van der Waals surface area (Å²) in [4.78, 5) is 17.5. The van der Waals surface area contributed by atoms with Crippen molar-refractivity contribution in [1.29, 1.82) is 0 Å². The first kappa shape index (κ1) is 19.0. The molecule has 0 atom stereocenters. The number of hydrogen-bond acceptors (Lipinski definition) is 6. The molecule has 0 radical (unpaired) electrons. The minimum atomic E-state index is -3.86. The summed E-state index contributed by atoms with van der Waals surface area (Å²) < 4.78 is 45.2. The van der Waals surface area contributed by atoms with Crippen LogP contribution in [0.3, 0.4) is 0 Å². The molecule has 140 valence electrons. The molecule has 1 aromatic heterocycles. The van der Waals surface area contributed by atoms with Crippen molar-refractivity contribution in [3.63, 3.8) is 0 Å². The van der Waals surface area contributed by atoms with Crippen molar-refractivity contribution in [2.45, 2.75) is 17.4 Å². The fourth-order valence-electron chi connectivity index (χ4n) is 2.31. The molecule has 11 heteroatoms. The van der Waals surface area contributed by atoms with Gasteiger partial charge in [0.2, 0.25) is 15.9 Å². The van der Waals surface area contributed by atoms with Gasteiger partial charge in [0, 0.05) is 24.5 Å². The van der Waals surface area contributed by atoms with Gasteiger partial charge in [-0.1, -0.05) is 22.9 Å². The number of likely N-dealkylation sites (tertiary alicyclic amines) is 1. The summed E-state index contributed by atoms with van der Waals surface area (Å²) in [5.74, 6) is -0.878. The molecule has 1 aromatic carbocycles. The fraction of sp³-hybridized carbons (Fsp3) is 0.333. The molecule has 1 aliphatic rings. The molecule has 1 fully saturated rings. The summed E-state index contributed by atoms with van der Waals surface area (Å²) in [6.07, 6.45) is 1.56. The van der Waals surface area contributed by atoms with Crippen molar-refractivity contribution in [2.24, 2.45) is 0 Å². The lowest BCUT2D eigenvalue weighted by molar-refractivity contribution is -0.139. The normalized spacial score (nSPS) is 14.9. The number of aromatic nitrogens is 1. The van der Waals surface area contributed by atoms with Crippen LogP contribution < -0.4 is 9.46 Å². The molecule has 0 unspecified atom stereocenters. The average Bonchev–Trinajstić information content (AvgIpc) is 3.05. The molecule has 2 heterocycles. The van der Waals surface area contributed by atoms with Crippen LogP contribution in [0.4, 0.5) is 4.39 Å². The first-order valence-corrected chi connectivity index (χ1v) is 10.4. The maximum atomic E-state index is 13.1. The maximum absolute atomic E-state index is 13.1. The van der Waals surface area contributed by atoms with Gasteiger partial charge in [0.15, 0.2) is 0 Å². The van der Waals surface area contributed by atoms with E-state index in [-0.39, 0.29) is 34.9 Å². The smallest absolute Gasteiger partial charge is 0.273 e. The number of halogens is 2. The number of amides is 1. The number of rotatable bonds is 7. The third-order valence-corrected chi connectivity index (χ3v) is 6.12. The van der Waals surface area contributed by atoms with Gasteiger partial charge >= 0.3 is 0 Å². The van der Waals surface area contributed by atoms with Crippen LogP contribution >= 0.6 is 22.9 Å². The molecular weight excluding hydrogens is 405 g/mol. The molecule has 7 nitrogen and oxygen atoms in total. The standard InChI is InChI=1S/C15H15ClFN3O4S2/c16-12-7-11(1-2-13(12)17)26(22,23)19-4-3-14(21)20-8-10(9-20)24-15-18-5-6-25-15/h1-2,5-7,10,19H,3-4,8-9H2. The third-order valence-electron chi connectivity index (χ3n) is 3.71.